The van der Waals surface area contributed by atoms with Crippen molar-refractivity contribution in [1.29, 1.82) is 5.26 Å². The van der Waals surface area contributed by atoms with Crippen molar-refractivity contribution < 1.29 is 5.11 Å². The maximum Gasteiger partial charge on any atom is 0.221 e. The first kappa shape index (κ1) is 17.4. The number of hydrogen-bond donors (Lipinski definition) is 2. The van der Waals surface area contributed by atoms with Crippen LogP contribution in [-0.2, 0) is 6.42 Å². The van der Waals surface area contributed by atoms with E-state index in [2.05, 4.69) is 32.9 Å². The summed E-state index contributed by atoms with van der Waals surface area (Å²) in [7, 11) is 0. The minimum absolute atomic E-state index is 0.180. The normalized spacial score (nSPS) is 11.0. The van der Waals surface area contributed by atoms with Crippen LogP contribution in [0.4, 0.5) is 5.95 Å². The molecule has 0 fully saturated rings. The summed E-state index contributed by atoms with van der Waals surface area (Å²) in [4.78, 5) is 12.6. The SMILES string of the molecule is CC(C)(O)C#Cc1cc2c(cn1)c(CCC#N)cn2-c1ccnc(N)n1. The molecule has 3 N–H and O–H groups in total. The van der Waals surface area contributed by atoms with Crippen LogP contribution in [0.3, 0.4) is 0 Å². The first-order valence-corrected chi connectivity index (χ1v) is 8.09. The van der Waals surface area contributed by atoms with Gasteiger partial charge in [-0.2, -0.15) is 10.2 Å². The van der Waals surface area contributed by atoms with E-state index in [-0.39, 0.29) is 5.95 Å². The number of nitrogen functional groups attached to an aromatic ring is 1. The van der Waals surface area contributed by atoms with Gasteiger partial charge in [-0.1, -0.05) is 5.92 Å². The van der Waals surface area contributed by atoms with Crippen LogP contribution in [0.2, 0.25) is 0 Å². The van der Waals surface area contributed by atoms with Crippen molar-refractivity contribution in [3.05, 3.63) is 42.0 Å². The molecule has 0 saturated carbocycles. The third-order valence-electron chi connectivity index (χ3n) is 3.68. The molecule has 0 bridgehead atoms. The number of hydrogen-bond acceptors (Lipinski definition) is 6. The fourth-order valence-electron chi connectivity index (χ4n) is 2.55. The largest absolute Gasteiger partial charge is 0.378 e. The molecule has 0 saturated heterocycles. The summed E-state index contributed by atoms with van der Waals surface area (Å²) in [5, 5.41) is 19.6. The summed E-state index contributed by atoms with van der Waals surface area (Å²) in [6, 6.07) is 5.75. The molecular weight excluding hydrogens is 328 g/mol. The van der Waals surface area contributed by atoms with Gasteiger partial charge in [0.1, 0.15) is 17.1 Å². The van der Waals surface area contributed by atoms with Crippen molar-refractivity contribution in [1.82, 2.24) is 19.5 Å². The fraction of sp³-hybridized carbons (Fsp3) is 0.263. The molecule has 7 heteroatoms. The Morgan fingerprint density at radius 3 is 2.85 bits per heavy atom. The Hall–Kier alpha value is -3.42. The topological polar surface area (TPSA) is 114 Å². The van der Waals surface area contributed by atoms with E-state index in [1.165, 1.54) is 0 Å². The maximum absolute atomic E-state index is 9.79. The van der Waals surface area contributed by atoms with Gasteiger partial charge in [-0.05, 0) is 43.9 Å². The van der Waals surface area contributed by atoms with Gasteiger partial charge in [0.25, 0.3) is 0 Å². The highest BCUT2D eigenvalue weighted by Gasteiger charge is 2.13. The minimum Gasteiger partial charge on any atom is -0.378 e. The predicted octanol–water partition coefficient (Wildman–Crippen LogP) is 1.98. The van der Waals surface area contributed by atoms with E-state index in [1.807, 2.05) is 16.8 Å². The third-order valence-corrected chi connectivity index (χ3v) is 3.68. The number of fused-ring (bicyclic) bond motifs is 1. The Kier molecular flexibility index (Phi) is 4.57. The molecule has 7 nitrogen and oxygen atoms in total. The van der Waals surface area contributed by atoms with Gasteiger partial charge in [-0.3, -0.25) is 0 Å². The summed E-state index contributed by atoms with van der Waals surface area (Å²) in [5.41, 5.74) is 6.99. The highest BCUT2D eigenvalue weighted by atomic mass is 16.3. The van der Waals surface area contributed by atoms with Gasteiger partial charge in [0.15, 0.2) is 0 Å². The highest BCUT2D eigenvalue weighted by Crippen LogP contribution is 2.25. The number of anilines is 1. The van der Waals surface area contributed by atoms with E-state index in [1.54, 1.807) is 32.3 Å². The number of nitrogens with two attached hydrogens (primary N) is 1. The number of nitriles is 1. The number of pyridine rings is 1. The summed E-state index contributed by atoms with van der Waals surface area (Å²) in [6.07, 6.45) is 6.27. The fourth-order valence-corrected chi connectivity index (χ4v) is 2.55. The van der Waals surface area contributed by atoms with Crippen LogP contribution in [0.1, 0.15) is 31.5 Å². The lowest BCUT2D eigenvalue weighted by molar-refractivity contribution is 0.143. The van der Waals surface area contributed by atoms with E-state index >= 15 is 0 Å². The first-order valence-electron chi connectivity index (χ1n) is 8.09. The predicted molar refractivity (Wildman–Crippen MR) is 98.2 cm³/mol. The van der Waals surface area contributed by atoms with E-state index in [4.69, 9.17) is 11.0 Å². The Labute approximate surface area is 151 Å². The van der Waals surface area contributed by atoms with Crippen molar-refractivity contribution >= 4 is 16.9 Å². The summed E-state index contributed by atoms with van der Waals surface area (Å²) in [5.74, 6) is 6.45. The molecular formula is C19H18N6O. The van der Waals surface area contributed by atoms with Crippen LogP contribution >= 0.6 is 0 Å². The van der Waals surface area contributed by atoms with Gasteiger partial charge in [-0.15, -0.1) is 0 Å². The average Bonchev–Trinajstić information content (AvgIpc) is 2.95. The molecule has 0 aliphatic heterocycles. The number of aliphatic hydroxyl groups is 1. The Bertz CT molecular complexity index is 1060. The van der Waals surface area contributed by atoms with Crippen molar-refractivity contribution in [3.63, 3.8) is 0 Å². The Morgan fingerprint density at radius 2 is 2.15 bits per heavy atom. The monoisotopic (exact) mass is 346 g/mol. The molecule has 0 atom stereocenters. The number of rotatable bonds is 3. The molecule has 0 spiro atoms. The molecule has 0 aliphatic rings. The van der Waals surface area contributed by atoms with E-state index in [0.717, 1.165) is 16.5 Å². The zero-order chi connectivity index (χ0) is 18.7. The molecule has 130 valence electrons. The molecule has 26 heavy (non-hydrogen) atoms. The number of aryl methyl sites for hydroxylation is 1. The van der Waals surface area contributed by atoms with Crippen molar-refractivity contribution in [2.45, 2.75) is 32.3 Å². The lowest BCUT2D eigenvalue weighted by Crippen LogP contribution is -2.14. The van der Waals surface area contributed by atoms with Gasteiger partial charge in [0, 0.05) is 30.4 Å². The van der Waals surface area contributed by atoms with Gasteiger partial charge >= 0.3 is 0 Å². The lowest BCUT2D eigenvalue weighted by atomic mass is 10.1. The Balaban J connectivity index is 2.18. The zero-order valence-corrected chi connectivity index (χ0v) is 14.6. The molecule has 0 aliphatic carbocycles. The summed E-state index contributed by atoms with van der Waals surface area (Å²) < 4.78 is 1.89. The van der Waals surface area contributed by atoms with Gasteiger partial charge < -0.3 is 15.4 Å². The van der Waals surface area contributed by atoms with E-state index < -0.39 is 5.60 Å². The second-order valence-corrected chi connectivity index (χ2v) is 6.35. The number of nitrogens with zero attached hydrogens (tertiary/aromatic N) is 5. The molecule has 3 aromatic heterocycles. The molecule has 0 aromatic carbocycles. The minimum atomic E-state index is -1.10. The molecule has 0 radical (unpaired) electrons. The summed E-state index contributed by atoms with van der Waals surface area (Å²) >= 11 is 0. The van der Waals surface area contributed by atoms with Crippen LogP contribution in [0.15, 0.2) is 30.7 Å². The van der Waals surface area contributed by atoms with Gasteiger partial charge in [-0.25, -0.2) is 9.97 Å². The van der Waals surface area contributed by atoms with Crippen molar-refractivity contribution in [2.75, 3.05) is 5.73 Å². The standard InChI is InChI=1S/C19H18N6O/c1-19(2,26)7-5-14-10-16-15(11-23-14)13(4-3-8-20)12-25(16)17-6-9-22-18(21)24-17/h6,9-12,26H,3-4H2,1-2H3,(H2,21,22,24). The molecule has 3 rings (SSSR count). The van der Waals surface area contributed by atoms with Crippen LogP contribution in [0.5, 0.6) is 0 Å². The van der Waals surface area contributed by atoms with Crippen molar-refractivity contribution in [2.24, 2.45) is 0 Å². The average molecular weight is 346 g/mol. The van der Waals surface area contributed by atoms with Crippen molar-refractivity contribution in [3.8, 4) is 23.7 Å². The van der Waals surface area contributed by atoms with Crippen LogP contribution in [0.25, 0.3) is 16.7 Å². The second kappa shape index (κ2) is 6.83. The van der Waals surface area contributed by atoms with Gasteiger partial charge in [0.05, 0.1) is 11.6 Å². The van der Waals surface area contributed by atoms with Crippen LogP contribution in [0, 0.1) is 23.2 Å². The van der Waals surface area contributed by atoms with Crippen LogP contribution < -0.4 is 5.73 Å². The quantitative estimate of drug-likeness (QED) is 0.701. The molecule has 3 aromatic rings. The van der Waals surface area contributed by atoms with E-state index in [9.17, 15) is 5.11 Å². The first-order chi connectivity index (χ1) is 12.4. The number of aromatic nitrogens is 4. The lowest BCUT2D eigenvalue weighted by Gasteiger charge is -2.06. The van der Waals surface area contributed by atoms with Crippen LogP contribution in [-0.4, -0.2) is 30.2 Å². The smallest absolute Gasteiger partial charge is 0.221 e. The highest BCUT2D eigenvalue weighted by molar-refractivity contribution is 5.85. The third kappa shape index (κ3) is 3.80. The second-order valence-electron chi connectivity index (χ2n) is 6.35. The molecule has 0 amide bonds. The van der Waals surface area contributed by atoms with Gasteiger partial charge in [0.2, 0.25) is 5.95 Å². The Morgan fingerprint density at radius 1 is 1.35 bits per heavy atom. The maximum atomic E-state index is 9.79. The van der Waals surface area contributed by atoms with E-state index in [0.29, 0.717) is 24.4 Å². The molecule has 0 unspecified atom stereocenters. The summed E-state index contributed by atoms with van der Waals surface area (Å²) in [6.45, 7) is 3.23. The molecule has 3 heterocycles. The zero-order valence-electron chi connectivity index (χ0n) is 14.6.